The second-order valence-electron chi connectivity index (χ2n) is 7.55. The minimum atomic E-state index is -2.41. The highest BCUT2D eigenvalue weighted by molar-refractivity contribution is 6.94. The average molecular weight is 339 g/mol. The van der Waals surface area contributed by atoms with Gasteiger partial charge in [0.1, 0.15) is 5.58 Å². The molecule has 0 fully saturated rings. The summed E-state index contributed by atoms with van der Waals surface area (Å²) in [6.07, 6.45) is 1.73. The first kappa shape index (κ1) is 16.7. The first-order chi connectivity index (χ1) is 9.49. The summed E-state index contributed by atoms with van der Waals surface area (Å²) in [6.45, 7) is 15.5. The maximum absolute atomic E-state index is 6.57. The van der Waals surface area contributed by atoms with Gasteiger partial charge in [0.15, 0.2) is 16.6 Å². The van der Waals surface area contributed by atoms with Crippen molar-refractivity contribution in [1.82, 2.24) is 0 Å². The van der Waals surface area contributed by atoms with E-state index >= 15 is 0 Å². The lowest BCUT2D eigenvalue weighted by molar-refractivity contribution is 0.405. The van der Waals surface area contributed by atoms with Crippen molar-refractivity contribution >= 4 is 41.4 Å². The standard InChI is InChI=1S/C15H26O3Si3/c1-19(2,3)17-21(7,18-20(4,5)6)14-8-9-15-13(12-14)10-11-16-15/h8-12H,1-7H3. The Morgan fingerprint density at radius 3 is 1.90 bits per heavy atom. The van der Waals surface area contributed by atoms with Crippen molar-refractivity contribution in [3.8, 4) is 0 Å². The minimum Gasteiger partial charge on any atom is -0.464 e. The van der Waals surface area contributed by atoms with Gasteiger partial charge in [-0.05, 0) is 69.2 Å². The van der Waals surface area contributed by atoms with Crippen LogP contribution in [0.4, 0.5) is 0 Å². The van der Waals surface area contributed by atoms with E-state index in [1.807, 2.05) is 12.1 Å². The molecule has 0 unspecified atom stereocenters. The third kappa shape index (κ3) is 4.40. The Morgan fingerprint density at radius 2 is 1.38 bits per heavy atom. The summed E-state index contributed by atoms with van der Waals surface area (Å²) in [5.41, 5.74) is 0.913. The van der Waals surface area contributed by atoms with Crippen LogP contribution in [0.15, 0.2) is 34.9 Å². The van der Waals surface area contributed by atoms with Crippen molar-refractivity contribution in [3.63, 3.8) is 0 Å². The second-order valence-corrected chi connectivity index (χ2v) is 20.1. The van der Waals surface area contributed by atoms with Crippen LogP contribution in [0, 0.1) is 0 Å². The van der Waals surface area contributed by atoms with Crippen molar-refractivity contribution < 1.29 is 12.6 Å². The Labute approximate surface area is 130 Å². The highest BCUT2D eigenvalue weighted by Gasteiger charge is 2.42. The highest BCUT2D eigenvalue weighted by atomic mass is 28.5. The van der Waals surface area contributed by atoms with Gasteiger partial charge in [0, 0.05) is 5.39 Å². The van der Waals surface area contributed by atoms with Gasteiger partial charge in [-0.25, -0.2) is 0 Å². The molecule has 0 aliphatic rings. The molecule has 6 heteroatoms. The van der Waals surface area contributed by atoms with Gasteiger partial charge in [0.2, 0.25) is 0 Å². The van der Waals surface area contributed by atoms with Gasteiger partial charge in [0.25, 0.3) is 0 Å². The second kappa shape index (κ2) is 5.51. The fourth-order valence-corrected chi connectivity index (χ4v) is 14.2. The molecule has 1 aromatic carbocycles. The van der Waals surface area contributed by atoms with E-state index in [9.17, 15) is 0 Å². The summed E-state index contributed by atoms with van der Waals surface area (Å²) in [6, 6.07) is 8.30. The average Bonchev–Trinajstić information content (AvgIpc) is 2.69. The SMILES string of the molecule is C[Si](C)(C)O[Si](C)(O[Si](C)(C)C)c1ccc2occc2c1. The van der Waals surface area contributed by atoms with Crippen molar-refractivity contribution in [2.75, 3.05) is 0 Å². The highest BCUT2D eigenvalue weighted by Crippen LogP contribution is 2.23. The quantitative estimate of drug-likeness (QED) is 0.757. The molecule has 0 radical (unpaired) electrons. The van der Waals surface area contributed by atoms with Crippen LogP contribution in [-0.2, 0) is 8.23 Å². The topological polar surface area (TPSA) is 31.6 Å². The Morgan fingerprint density at radius 1 is 0.810 bits per heavy atom. The third-order valence-electron chi connectivity index (χ3n) is 2.98. The predicted molar refractivity (Wildman–Crippen MR) is 96.3 cm³/mol. The van der Waals surface area contributed by atoms with Crippen LogP contribution in [-0.4, -0.2) is 25.2 Å². The minimum absolute atomic E-state index is 0.913. The van der Waals surface area contributed by atoms with Gasteiger partial charge in [-0.15, -0.1) is 0 Å². The van der Waals surface area contributed by atoms with Gasteiger partial charge in [-0.3, -0.25) is 0 Å². The maximum atomic E-state index is 6.57. The lowest BCUT2D eigenvalue weighted by Crippen LogP contribution is -2.60. The number of hydrogen-bond acceptors (Lipinski definition) is 3. The molecule has 0 amide bonds. The lowest BCUT2D eigenvalue weighted by atomic mass is 10.3. The van der Waals surface area contributed by atoms with Crippen LogP contribution in [0.5, 0.6) is 0 Å². The molecule has 1 aromatic heterocycles. The van der Waals surface area contributed by atoms with Crippen LogP contribution in [0.2, 0.25) is 45.8 Å². The van der Waals surface area contributed by atoms with Crippen LogP contribution >= 0.6 is 0 Å². The van der Waals surface area contributed by atoms with Crippen molar-refractivity contribution in [3.05, 3.63) is 30.5 Å². The van der Waals surface area contributed by atoms with E-state index in [4.69, 9.17) is 12.6 Å². The van der Waals surface area contributed by atoms with Gasteiger partial charge < -0.3 is 12.6 Å². The van der Waals surface area contributed by atoms with Crippen LogP contribution in [0.25, 0.3) is 11.0 Å². The summed E-state index contributed by atoms with van der Waals surface area (Å²) in [7, 11) is -5.79. The monoisotopic (exact) mass is 338 g/mol. The molecule has 0 N–H and O–H groups in total. The normalized spacial score (nSPS) is 13.9. The van der Waals surface area contributed by atoms with Gasteiger partial charge in [-0.1, -0.05) is 6.07 Å². The summed E-state index contributed by atoms with van der Waals surface area (Å²) < 4.78 is 18.6. The molecule has 2 aromatic rings. The third-order valence-corrected chi connectivity index (χ3v) is 12.4. The number of rotatable bonds is 5. The summed E-state index contributed by atoms with van der Waals surface area (Å²) in [5, 5.41) is 2.31. The molecular formula is C15H26O3Si3. The van der Waals surface area contributed by atoms with E-state index in [1.54, 1.807) is 6.26 Å². The fourth-order valence-electron chi connectivity index (χ4n) is 2.56. The molecule has 0 saturated carbocycles. The molecule has 0 bridgehead atoms. The molecular weight excluding hydrogens is 312 g/mol. The Hall–Kier alpha value is -0.669. The number of fused-ring (bicyclic) bond motifs is 1. The number of hydrogen-bond donors (Lipinski definition) is 0. The molecule has 0 aliphatic heterocycles. The molecule has 3 nitrogen and oxygen atoms in total. The Balaban J connectivity index is 2.46. The summed E-state index contributed by atoms with van der Waals surface area (Å²) >= 11 is 0. The van der Waals surface area contributed by atoms with Crippen molar-refractivity contribution in [2.45, 2.75) is 45.8 Å². The van der Waals surface area contributed by atoms with Crippen LogP contribution < -0.4 is 5.19 Å². The smallest absolute Gasteiger partial charge is 0.348 e. The van der Waals surface area contributed by atoms with Gasteiger partial charge in [0.05, 0.1) is 6.26 Å². The zero-order valence-electron chi connectivity index (χ0n) is 14.1. The summed E-state index contributed by atoms with van der Waals surface area (Å²) in [5.74, 6) is 0. The molecule has 116 valence electrons. The molecule has 0 spiro atoms. The maximum Gasteiger partial charge on any atom is 0.348 e. The van der Waals surface area contributed by atoms with Crippen LogP contribution in [0.3, 0.4) is 0 Å². The molecule has 21 heavy (non-hydrogen) atoms. The van der Waals surface area contributed by atoms with Crippen molar-refractivity contribution in [1.29, 1.82) is 0 Å². The fraction of sp³-hybridized carbons (Fsp3) is 0.467. The Kier molecular flexibility index (Phi) is 4.38. The van der Waals surface area contributed by atoms with Crippen LogP contribution in [0.1, 0.15) is 0 Å². The molecule has 0 saturated heterocycles. The zero-order valence-corrected chi connectivity index (χ0v) is 17.1. The lowest BCUT2D eigenvalue weighted by Gasteiger charge is -2.38. The van der Waals surface area contributed by atoms with E-state index in [1.165, 1.54) is 5.19 Å². The van der Waals surface area contributed by atoms with Gasteiger partial charge in [-0.2, -0.15) is 0 Å². The first-order valence-electron chi connectivity index (χ1n) is 7.37. The number of furan rings is 1. The Bertz CT molecular complexity index is 607. The van der Waals surface area contributed by atoms with Crippen molar-refractivity contribution in [2.24, 2.45) is 0 Å². The summed E-state index contributed by atoms with van der Waals surface area (Å²) in [4.78, 5) is 0. The zero-order chi connectivity index (χ0) is 15.9. The van der Waals surface area contributed by atoms with E-state index in [0.29, 0.717) is 0 Å². The molecule has 2 rings (SSSR count). The van der Waals surface area contributed by atoms with E-state index in [-0.39, 0.29) is 0 Å². The van der Waals surface area contributed by atoms with E-state index in [2.05, 4.69) is 58.0 Å². The largest absolute Gasteiger partial charge is 0.464 e. The predicted octanol–water partition coefficient (Wildman–Crippen LogP) is 4.41. The molecule has 1 heterocycles. The van der Waals surface area contributed by atoms with Gasteiger partial charge >= 0.3 is 8.56 Å². The molecule has 0 aliphatic carbocycles. The van der Waals surface area contributed by atoms with E-state index < -0.39 is 25.2 Å². The molecule has 0 atom stereocenters. The first-order valence-corrected chi connectivity index (χ1v) is 16.5. The van der Waals surface area contributed by atoms with E-state index in [0.717, 1.165) is 11.0 Å². The number of benzene rings is 1.